The lowest BCUT2D eigenvalue weighted by Gasteiger charge is -2.04. The second kappa shape index (κ2) is 7.92. The highest BCUT2D eigenvalue weighted by Gasteiger charge is 2.41. The van der Waals surface area contributed by atoms with Gasteiger partial charge in [-0.05, 0) is 34.0 Å². The molecule has 5 nitrogen and oxygen atoms in total. The Morgan fingerprint density at radius 2 is 1.48 bits per heavy atom. The number of fused-ring (bicyclic) bond motifs is 1. The van der Waals surface area contributed by atoms with Gasteiger partial charge in [-0.1, -0.05) is 54.6 Å². The van der Waals surface area contributed by atoms with Gasteiger partial charge in [0.2, 0.25) is 0 Å². The second-order valence-corrected chi connectivity index (χ2v) is 6.43. The molecule has 2 atom stereocenters. The van der Waals surface area contributed by atoms with Crippen LogP contribution in [0.4, 0.5) is 13.2 Å². The maximum absolute atomic E-state index is 10.6. The molecule has 1 aliphatic rings. The summed E-state index contributed by atoms with van der Waals surface area (Å²) >= 11 is 0. The van der Waals surface area contributed by atoms with Crippen molar-refractivity contribution >= 4 is 22.6 Å². The molecule has 3 aromatic rings. The highest BCUT2D eigenvalue weighted by atomic mass is 19.4. The number of hydrogen-bond donors (Lipinski definition) is 3. The average molecular weight is 402 g/mol. The van der Waals surface area contributed by atoms with Crippen LogP contribution < -0.4 is 5.73 Å². The summed E-state index contributed by atoms with van der Waals surface area (Å²) in [5, 5.41) is 16.9. The van der Waals surface area contributed by atoms with Crippen molar-refractivity contribution in [2.24, 2.45) is 5.73 Å². The van der Waals surface area contributed by atoms with Crippen molar-refractivity contribution in [3.05, 3.63) is 83.4 Å². The van der Waals surface area contributed by atoms with Crippen molar-refractivity contribution in [3.8, 4) is 0 Å². The molecule has 1 aliphatic heterocycles. The standard InChI is InChI=1S/C19H16N2O.C2HF3O2/c20-19(21)16-9-7-13-10-15(8-6-14(13)11-16)18-17(22-18)12-4-2-1-3-5-12;3-2(4,5)1(6)7/h1-11,17-18H,(H3,20,21);(H,6,7). The van der Waals surface area contributed by atoms with Gasteiger partial charge in [0.05, 0.1) is 0 Å². The van der Waals surface area contributed by atoms with Crippen LogP contribution in [0.2, 0.25) is 0 Å². The van der Waals surface area contributed by atoms with Crippen molar-refractivity contribution in [2.75, 3.05) is 0 Å². The smallest absolute Gasteiger partial charge is 0.475 e. The van der Waals surface area contributed by atoms with Gasteiger partial charge in [-0.25, -0.2) is 4.79 Å². The quantitative estimate of drug-likeness (QED) is 0.339. The monoisotopic (exact) mass is 402 g/mol. The molecule has 3 aromatic carbocycles. The first-order chi connectivity index (χ1) is 13.7. The second-order valence-electron chi connectivity index (χ2n) is 6.43. The van der Waals surface area contributed by atoms with Crippen LogP contribution in [0.3, 0.4) is 0 Å². The zero-order valence-electron chi connectivity index (χ0n) is 15.0. The Balaban J connectivity index is 0.000000298. The molecule has 0 aliphatic carbocycles. The van der Waals surface area contributed by atoms with E-state index < -0.39 is 12.1 Å². The number of benzene rings is 3. The number of amidine groups is 1. The molecule has 0 bridgehead atoms. The fraction of sp³-hybridized carbons (Fsp3) is 0.143. The van der Waals surface area contributed by atoms with E-state index in [9.17, 15) is 13.2 Å². The normalized spacial score (nSPS) is 17.9. The zero-order chi connectivity index (χ0) is 21.2. The van der Waals surface area contributed by atoms with E-state index in [1.165, 1.54) is 11.1 Å². The first-order valence-electron chi connectivity index (χ1n) is 8.55. The van der Waals surface area contributed by atoms with Crippen LogP contribution in [0.25, 0.3) is 10.8 Å². The third-order valence-electron chi connectivity index (χ3n) is 4.37. The van der Waals surface area contributed by atoms with E-state index in [1.807, 2.05) is 36.4 Å². The Hall–Kier alpha value is -3.39. The molecule has 2 unspecified atom stereocenters. The summed E-state index contributed by atoms with van der Waals surface area (Å²) in [5.41, 5.74) is 8.71. The minimum Gasteiger partial charge on any atom is -0.475 e. The van der Waals surface area contributed by atoms with Gasteiger partial charge in [-0.2, -0.15) is 13.2 Å². The van der Waals surface area contributed by atoms with E-state index in [-0.39, 0.29) is 18.0 Å². The SMILES string of the molecule is N=C(N)c1ccc2cc(C3OC3c3ccccc3)ccc2c1.O=C(O)C(F)(F)F. The molecule has 0 aromatic heterocycles. The fourth-order valence-corrected chi connectivity index (χ4v) is 2.87. The molecular formula is C21H17F3N2O3. The summed E-state index contributed by atoms with van der Waals surface area (Å²) in [6.07, 6.45) is -4.78. The highest BCUT2D eigenvalue weighted by Crippen LogP contribution is 2.51. The van der Waals surface area contributed by atoms with Gasteiger partial charge in [-0.15, -0.1) is 0 Å². The number of nitrogens with one attached hydrogen (secondary N) is 1. The Morgan fingerprint density at radius 3 is 2.07 bits per heavy atom. The first-order valence-corrected chi connectivity index (χ1v) is 8.55. The van der Waals surface area contributed by atoms with E-state index in [0.717, 1.165) is 16.3 Å². The summed E-state index contributed by atoms with van der Waals surface area (Å²) in [6.45, 7) is 0. The Morgan fingerprint density at radius 1 is 0.931 bits per heavy atom. The highest BCUT2D eigenvalue weighted by molar-refractivity contribution is 5.99. The van der Waals surface area contributed by atoms with Crippen molar-refractivity contribution in [1.82, 2.24) is 0 Å². The number of ether oxygens (including phenoxy) is 1. The molecule has 4 N–H and O–H groups in total. The maximum Gasteiger partial charge on any atom is 0.490 e. The van der Waals surface area contributed by atoms with Gasteiger partial charge < -0.3 is 15.6 Å². The van der Waals surface area contributed by atoms with Crippen LogP contribution >= 0.6 is 0 Å². The predicted molar refractivity (Wildman–Crippen MR) is 102 cm³/mol. The van der Waals surface area contributed by atoms with E-state index in [4.69, 9.17) is 25.8 Å². The van der Waals surface area contributed by atoms with Crippen molar-refractivity contribution in [1.29, 1.82) is 5.41 Å². The minimum absolute atomic E-state index is 0.0978. The molecule has 0 radical (unpaired) electrons. The molecule has 0 amide bonds. The third kappa shape index (κ3) is 4.91. The average Bonchev–Trinajstić information content (AvgIpc) is 3.48. The lowest BCUT2D eigenvalue weighted by atomic mass is 10.00. The number of rotatable bonds is 3. The van der Waals surface area contributed by atoms with E-state index in [1.54, 1.807) is 0 Å². The predicted octanol–water partition coefficient (Wildman–Crippen LogP) is 4.57. The molecule has 1 saturated heterocycles. The minimum atomic E-state index is -5.08. The number of alkyl halides is 3. The molecule has 8 heteroatoms. The molecule has 1 heterocycles. The Labute approximate surface area is 164 Å². The van der Waals surface area contributed by atoms with Gasteiger partial charge in [0.1, 0.15) is 18.0 Å². The Kier molecular flexibility index (Phi) is 5.56. The van der Waals surface area contributed by atoms with Crippen molar-refractivity contribution in [3.63, 3.8) is 0 Å². The van der Waals surface area contributed by atoms with Gasteiger partial charge in [0.25, 0.3) is 0 Å². The lowest BCUT2D eigenvalue weighted by Crippen LogP contribution is -2.21. The van der Waals surface area contributed by atoms with E-state index >= 15 is 0 Å². The van der Waals surface area contributed by atoms with Gasteiger partial charge in [0.15, 0.2) is 0 Å². The fourth-order valence-electron chi connectivity index (χ4n) is 2.87. The van der Waals surface area contributed by atoms with Crippen molar-refractivity contribution in [2.45, 2.75) is 18.4 Å². The molecule has 0 spiro atoms. The number of carbonyl (C=O) groups is 1. The molecule has 1 fully saturated rings. The third-order valence-corrected chi connectivity index (χ3v) is 4.37. The van der Waals surface area contributed by atoms with E-state index in [2.05, 4.69) is 30.3 Å². The van der Waals surface area contributed by atoms with Crippen molar-refractivity contribution < 1.29 is 27.8 Å². The summed E-state index contributed by atoms with van der Waals surface area (Å²) in [4.78, 5) is 8.90. The van der Waals surface area contributed by atoms with Crippen LogP contribution in [-0.4, -0.2) is 23.1 Å². The molecular weight excluding hydrogens is 385 g/mol. The van der Waals surface area contributed by atoms with Crippen LogP contribution in [0.1, 0.15) is 28.9 Å². The summed E-state index contributed by atoms with van der Waals surface area (Å²) in [5.74, 6) is -2.66. The van der Waals surface area contributed by atoms with E-state index in [0.29, 0.717) is 0 Å². The number of nitrogens with two attached hydrogens (primary N) is 1. The maximum atomic E-state index is 10.6. The molecule has 29 heavy (non-hydrogen) atoms. The number of aliphatic carboxylic acids is 1. The molecule has 150 valence electrons. The Bertz CT molecular complexity index is 1050. The lowest BCUT2D eigenvalue weighted by molar-refractivity contribution is -0.192. The zero-order valence-corrected chi connectivity index (χ0v) is 15.0. The van der Waals surface area contributed by atoms with Crippen LogP contribution in [0, 0.1) is 5.41 Å². The molecule has 4 rings (SSSR count). The number of epoxide rings is 1. The number of carboxylic acids is 1. The molecule has 0 saturated carbocycles. The first kappa shape index (κ1) is 20.3. The van der Waals surface area contributed by atoms with Crippen LogP contribution in [0.15, 0.2) is 66.7 Å². The summed E-state index contributed by atoms with van der Waals surface area (Å²) < 4.78 is 37.6. The van der Waals surface area contributed by atoms with Gasteiger partial charge in [-0.3, -0.25) is 5.41 Å². The summed E-state index contributed by atoms with van der Waals surface area (Å²) in [7, 11) is 0. The largest absolute Gasteiger partial charge is 0.490 e. The number of halogens is 3. The number of hydrogen-bond acceptors (Lipinski definition) is 3. The number of carboxylic acid groups (broad SMARTS) is 1. The van der Waals surface area contributed by atoms with Crippen LogP contribution in [0.5, 0.6) is 0 Å². The topological polar surface area (TPSA) is 99.7 Å². The van der Waals surface area contributed by atoms with Crippen LogP contribution in [-0.2, 0) is 9.53 Å². The van der Waals surface area contributed by atoms with Gasteiger partial charge in [0, 0.05) is 5.56 Å². The van der Waals surface area contributed by atoms with Gasteiger partial charge >= 0.3 is 12.1 Å². The number of nitrogen functional groups attached to an aromatic ring is 1. The summed E-state index contributed by atoms with van der Waals surface area (Å²) in [6, 6.07) is 22.5.